The van der Waals surface area contributed by atoms with Crippen molar-refractivity contribution >= 4 is 34.0 Å². The van der Waals surface area contributed by atoms with Gasteiger partial charge in [0.2, 0.25) is 0 Å². The Morgan fingerprint density at radius 2 is 2.05 bits per heavy atom. The monoisotopic (exact) mass is 287 g/mol. The lowest BCUT2D eigenvalue weighted by Gasteiger charge is -2.23. The lowest BCUT2D eigenvalue weighted by molar-refractivity contribution is 0.0946. The van der Waals surface area contributed by atoms with Gasteiger partial charge in [-0.15, -0.1) is 0 Å². The van der Waals surface area contributed by atoms with Gasteiger partial charge in [-0.25, -0.2) is 0 Å². The number of carbonyl (C=O) groups is 1. The fourth-order valence-electron chi connectivity index (χ4n) is 1.78. The molecule has 0 spiro atoms. The van der Waals surface area contributed by atoms with Crippen LogP contribution in [0.3, 0.4) is 0 Å². The molecule has 20 heavy (non-hydrogen) atoms. The van der Waals surface area contributed by atoms with Crippen LogP contribution in [0.2, 0.25) is 0 Å². The Morgan fingerprint density at radius 3 is 2.75 bits per heavy atom. The second kappa shape index (κ2) is 5.54. The van der Waals surface area contributed by atoms with E-state index in [9.17, 15) is 4.79 Å². The maximum atomic E-state index is 12.3. The molecule has 1 aromatic carbocycles. The molecule has 2 rings (SSSR count). The summed E-state index contributed by atoms with van der Waals surface area (Å²) in [6.45, 7) is 4.21. The summed E-state index contributed by atoms with van der Waals surface area (Å²) < 4.78 is 0. The summed E-state index contributed by atoms with van der Waals surface area (Å²) in [4.78, 5) is 16.9. The first-order valence-electron chi connectivity index (χ1n) is 6.34. The Morgan fingerprint density at radius 1 is 1.35 bits per heavy atom. The van der Waals surface area contributed by atoms with E-state index < -0.39 is 5.41 Å². The summed E-state index contributed by atoms with van der Waals surface area (Å²) in [5.41, 5.74) is 6.65. The van der Waals surface area contributed by atoms with Crippen molar-refractivity contribution in [1.29, 1.82) is 0 Å². The van der Waals surface area contributed by atoms with Crippen molar-refractivity contribution in [3.8, 4) is 0 Å². The number of hydrogen-bond acceptors (Lipinski definition) is 3. The molecule has 1 aromatic heterocycles. The van der Waals surface area contributed by atoms with E-state index in [0.717, 1.165) is 10.9 Å². The number of fused-ring (bicyclic) bond motifs is 1. The van der Waals surface area contributed by atoms with E-state index >= 15 is 0 Å². The fourth-order valence-corrected chi connectivity index (χ4v) is 1.85. The van der Waals surface area contributed by atoms with E-state index in [0.29, 0.717) is 17.1 Å². The molecule has 1 heterocycles. The van der Waals surface area contributed by atoms with Gasteiger partial charge in [-0.2, -0.15) is 0 Å². The molecule has 0 aliphatic rings. The second-order valence-electron chi connectivity index (χ2n) is 5.31. The van der Waals surface area contributed by atoms with Crippen molar-refractivity contribution in [2.75, 3.05) is 6.54 Å². The van der Waals surface area contributed by atoms with Crippen molar-refractivity contribution in [2.24, 2.45) is 11.1 Å². The van der Waals surface area contributed by atoms with Gasteiger partial charge in [0.05, 0.1) is 16.1 Å². The van der Waals surface area contributed by atoms with Gasteiger partial charge in [-0.1, -0.05) is 44.3 Å². The molecule has 0 saturated carbocycles. The first-order chi connectivity index (χ1) is 9.42. The van der Waals surface area contributed by atoms with E-state index in [1.165, 1.54) is 0 Å². The van der Waals surface area contributed by atoms with Gasteiger partial charge in [0.15, 0.2) is 0 Å². The third kappa shape index (κ3) is 2.93. The molecule has 0 aliphatic heterocycles. The minimum Gasteiger partial charge on any atom is -0.393 e. The molecule has 1 amide bonds. The van der Waals surface area contributed by atoms with Gasteiger partial charge in [0.25, 0.3) is 5.91 Å². The van der Waals surface area contributed by atoms with Crippen LogP contribution in [0.4, 0.5) is 0 Å². The third-order valence-corrected chi connectivity index (χ3v) is 3.80. The molecule has 0 fully saturated rings. The lowest BCUT2D eigenvalue weighted by Crippen LogP contribution is -2.41. The highest BCUT2D eigenvalue weighted by Gasteiger charge is 2.22. The van der Waals surface area contributed by atoms with Gasteiger partial charge >= 0.3 is 0 Å². The van der Waals surface area contributed by atoms with Gasteiger partial charge in [0.1, 0.15) is 0 Å². The highest BCUT2D eigenvalue weighted by molar-refractivity contribution is 7.80. The topological polar surface area (TPSA) is 68.0 Å². The second-order valence-corrected chi connectivity index (χ2v) is 5.75. The maximum Gasteiger partial charge on any atom is 0.252 e. The molecule has 3 N–H and O–H groups in total. The van der Waals surface area contributed by atoms with Gasteiger partial charge in [0, 0.05) is 23.5 Å². The average Bonchev–Trinajstić information content (AvgIpc) is 2.44. The van der Waals surface area contributed by atoms with Crippen LogP contribution in [0.5, 0.6) is 0 Å². The number of nitrogens with zero attached hydrogens (tertiary/aromatic N) is 1. The lowest BCUT2D eigenvalue weighted by atomic mass is 9.93. The molecule has 0 bridgehead atoms. The van der Waals surface area contributed by atoms with E-state index in [1.54, 1.807) is 12.3 Å². The molecule has 5 heteroatoms. The van der Waals surface area contributed by atoms with Crippen molar-refractivity contribution in [2.45, 2.75) is 13.8 Å². The summed E-state index contributed by atoms with van der Waals surface area (Å²) >= 11 is 4.99. The maximum absolute atomic E-state index is 12.3. The van der Waals surface area contributed by atoms with E-state index in [4.69, 9.17) is 18.0 Å². The number of nitrogens with two attached hydrogens (primary N) is 1. The SMILES string of the molecule is CC(C)(CNC(=O)c1ccnc2ccccc12)C(N)=S. The highest BCUT2D eigenvalue weighted by atomic mass is 32.1. The Kier molecular flexibility index (Phi) is 3.99. The summed E-state index contributed by atoms with van der Waals surface area (Å²) in [6, 6.07) is 9.26. The summed E-state index contributed by atoms with van der Waals surface area (Å²) in [6.07, 6.45) is 1.63. The number of benzene rings is 1. The Labute approximate surface area is 123 Å². The van der Waals surface area contributed by atoms with Crippen molar-refractivity contribution in [3.63, 3.8) is 0 Å². The summed E-state index contributed by atoms with van der Waals surface area (Å²) in [5, 5.41) is 3.71. The molecule has 104 valence electrons. The zero-order valence-corrected chi connectivity index (χ0v) is 12.3. The minimum atomic E-state index is -0.409. The van der Waals surface area contributed by atoms with Crippen LogP contribution in [0, 0.1) is 5.41 Å². The third-order valence-electron chi connectivity index (χ3n) is 3.25. The van der Waals surface area contributed by atoms with Crippen LogP contribution in [0.15, 0.2) is 36.5 Å². The highest BCUT2D eigenvalue weighted by Crippen LogP contribution is 2.17. The van der Waals surface area contributed by atoms with Crippen LogP contribution in [0.25, 0.3) is 10.9 Å². The zero-order valence-electron chi connectivity index (χ0n) is 11.5. The Balaban J connectivity index is 2.22. The van der Waals surface area contributed by atoms with Crippen molar-refractivity contribution in [3.05, 3.63) is 42.1 Å². The van der Waals surface area contributed by atoms with Gasteiger partial charge in [-0.05, 0) is 12.1 Å². The molecule has 0 saturated heterocycles. The fraction of sp³-hybridized carbons (Fsp3) is 0.267. The van der Waals surface area contributed by atoms with Crippen molar-refractivity contribution in [1.82, 2.24) is 10.3 Å². The molecule has 4 nitrogen and oxygen atoms in total. The van der Waals surface area contributed by atoms with Crippen LogP contribution < -0.4 is 11.1 Å². The first-order valence-corrected chi connectivity index (χ1v) is 6.74. The number of amides is 1. The van der Waals surface area contributed by atoms with E-state index in [-0.39, 0.29) is 5.91 Å². The zero-order chi connectivity index (χ0) is 14.8. The molecule has 2 aromatic rings. The summed E-state index contributed by atoms with van der Waals surface area (Å²) in [5.74, 6) is -0.145. The van der Waals surface area contributed by atoms with Crippen molar-refractivity contribution < 1.29 is 4.79 Å². The predicted molar refractivity (Wildman–Crippen MR) is 84.6 cm³/mol. The largest absolute Gasteiger partial charge is 0.393 e. The molecule has 0 aliphatic carbocycles. The molecular weight excluding hydrogens is 270 g/mol. The predicted octanol–water partition coefficient (Wildman–Crippen LogP) is 2.28. The van der Waals surface area contributed by atoms with E-state index in [1.807, 2.05) is 38.1 Å². The quantitative estimate of drug-likeness (QED) is 0.847. The van der Waals surface area contributed by atoms with Gasteiger partial charge < -0.3 is 11.1 Å². The molecule has 0 atom stereocenters. The molecule has 0 radical (unpaired) electrons. The number of aromatic nitrogens is 1. The number of rotatable bonds is 4. The molecular formula is C15H17N3OS. The number of carbonyl (C=O) groups excluding carboxylic acids is 1. The smallest absolute Gasteiger partial charge is 0.252 e. The number of hydrogen-bond donors (Lipinski definition) is 2. The Hall–Kier alpha value is -2.01. The number of thiocarbonyl (C=S) groups is 1. The number of pyridine rings is 1. The standard InChI is InChI=1S/C15H17N3OS/c1-15(2,14(16)20)9-18-13(19)11-7-8-17-12-6-4-3-5-10(11)12/h3-8H,9H2,1-2H3,(H2,16,20)(H,18,19). The van der Waals surface area contributed by atoms with E-state index in [2.05, 4.69) is 10.3 Å². The molecule has 0 unspecified atom stereocenters. The minimum absolute atomic E-state index is 0.145. The number of nitrogens with one attached hydrogen (secondary N) is 1. The van der Waals surface area contributed by atoms with Crippen LogP contribution >= 0.6 is 12.2 Å². The summed E-state index contributed by atoms with van der Waals surface area (Å²) in [7, 11) is 0. The number of para-hydroxylation sites is 1. The van der Waals surface area contributed by atoms with Crippen LogP contribution in [-0.2, 0) is 0 Å². The Bertz CT molecular complexity index is 662. The van der Waals surface area contributed by atoms with Crippen LogP contribution in [0.1, 0.15) is 24.2 Å². The van der Waals surface area contributed by atoms with Crippen LogP contribution in [-0.4, -0.2) is 22.4 Å². The van der Waals surface area contributed by atoms with Gasteiger partial charge in [-0.3, -0.25) is 9.78 Å². The normalized spacial score (nSPS) is 11.3. The first kappa shape index (κ1) is 14.4. The average molecular weight is 287 g/mol.